The van der Waals surface area contributed by atoms with Crippen molar-refractivity contribution in [2.45, 2.75) is 56.4 Å². The van der Waals surface area contributed by atoms with Gasteiger partial charge >= 0.3 is 0 Å². The number of anilines is 1. The molecule has 5 aliphatic carbocycles. The first-order valence-electron chi connectivity index (χ1n) is 25.6. The van der Waals surface area contributed by atoms with E-state index in [0.717, 1.165) is 37.9 Å². The quantitative estimate of drug-likeness (QED) is 0.128. The third-order valence-electron chi connectivity index (χ3n) is 15.6. The lowest BCUT2D eigenvalue weighted by molar-refractivity contribution is 0.279. The summed E-state index contributed by atoms with van der Waals surface area (Å²) in [5.74, 6) is 1.73. The molecule has 2 nitrogen and oxygen atoms in total. The zero-order valence-corrected chi connectivity index (χ0v) is 40.7. The molecule has 12 rings (SSSR count). The highest BCUT2D eigenvalue weighted by Gasteiger charge is 2.46. The molecule has 0 fully saturated rings. The Balaban J connectivity index is 0.944. The van der Waals surface area contributed by atoms with E-state index in [9.17, 15) is 0 Å². The monoisotopic (exact) mass is 917 g/mol. The van der Waals surface area contributed by atoms with Gasteiger partial charge in [0.2, 0.25) is 0 Å². The Bertz CT molecular complexity index is 3340. The maximum Gasteiger partial charge on any atom is 0.104 e. The van der Waals surface area contributed by atoms with E-state index < -0.39 is 5.41 Å². The van der Waals surface area contributed by atoms with Crippen LogP contribution in [0.2, 0.25) is 0 Å². The Morgan fingerprint density at radius 2 is 1.23 bits per heavy atom. The molecular weight excluding hydrogens is 859 g/mol. The molecule has 346 valence electrons. The smallest absolute Gasteiger partial charge is 0.104 e. The van der Waals surface area contributed by atoms with Crippen LogP contribution in [0.4, 0.5) is 5.69 Å². The van der Waals surface area contributed by atoms with Crippen LogP contribution in [0.15, 0.2) is 265 Å². The van der Waals surface area contributed by atoms with Crippen LogP contribution < -0.4 is 4.90 Å². The largest absolute Gasteiger partial charge is 0.500 e. The van der Waals surface area contributed by atoms with Crippen LogP contribution in [0.25, 0.3) is 33.4 Å². The number of allylic oxidation sites excluding steroid dienone is 13. The van der Waals surface area contributed by atoms with Gasteiger partial charge in [-0.25, -0.2) is 0 Å². The molecule has 0 saturated heterocycles. The standard InChI is InChI=1S/C69H59NO/c1-48-36-38-49(39-37-48)58-28-13-16-33-65(58)70(57-43-40-50(41-44-57)60-31-19-35-67(71-2)68(60)51-20-6-3-7-21-51)66-34-17-14-29-59(66)54-23-18-22-52(46-54)53-42-45-64-62(47-53)61-30-12-15-32-63(61)69(64,55-24-8-4-9-25-55)56-26-10-5-11-27-56/h3-18,20-28,30-32,34,36,38-48,59,65H,19,29,33,35,37H2,1-2H3. The Morgan fingerprint density at radius 3 is 1.97 bits per heavy atom. The van der Waals surface area contributed by atoms with E-state index in [2.05, 4.69) is 255 Å². The second-order valence-corrected chi connectivity index (χ2v) is 19.7. The van der Waals surface area contributed by atoms with Crippen LogP contribution >= 0.6 is 0 Å². The lowest BCUT2D eigenvalue weighted by Crippen LogP contribution is -2.39. The molecule has 0 aromatic heterocycles. The van der Waals surface area contributed by atoms with E-state index in [1.807, 2.05) is 7.11 Å². The van der Waals surface area contributed by atoms with Crippen molar-refractivity contribution in [3.8, 4) is 22.3 Å². The van der Waals surface area contributed by atoms with Gasteiger partial charge in [0.05, 0.1) is 18.6 Å². The van der Waals surface area contributed by atoms with Gasteiger partial charge in [0.15, 0.2) is 0 Å². The van der Waals surface area contributed by atoms with Crippen molar-refractivity contribution in [1.29, 1.82) is 0 Å². The Hall–Kier alpha value is -7.94. The van der Waals surface area contributed by atoms with Crippen molar-refractivity contribution < 1.29 is 4.74 Å². The van der Waals surface area contributed by atoms with Crippen molar-refractivity contribution in [1.82, 2.24) is 0 Å². The van der Waals surface area contributed by atoms with Crippen LogP contribution in [0.5, 0.6) is 0 Å². The van der Waals surface area contributed by atoms with Crippen molar-refractivity contribution in [2.24, 2.45) is 5.92 Å². The molecular formula is C69H59NO. The van der Waals surface area contributed by atoms with E-state index in [4.69, 9.17) is 4.74 Å². The number of nitrogens with zero attached hydrogens (tertiary/aromatic N) is 1. The lowest BCUT2D eigenvalue weighted by atomic mass is 9.67. The number of hydrogen-bond acceptors (Lipinski definition) is 2. The predicted molar refractivity (Wildman–Crippen MR) is 297 cm³/mol. The Labute approximate surface area is 420 Å². The third kappa shape index (κ3) is 7.93. The summed E-state index contributed by atoms with van der Waals surface area (Å²) >= 11 is 0. The summed E-state index contributed by atoms with van der Waals surface area (Å²) in [4.78, 5) is 2.68. The maximum absolute atomic E-state index is 6.07. The molecule has 0 spiro atoms. The van der Waals surface area contributed by atoms with Gasteiger partial charge in [-0.15, -0.1) is 0 Å². The highest BCUT2D eigenvalue weighted by Crippen LogP contribution is 2.57. The first kappa shape index (κ1) is 44.3. The SMILES string of the molecule is COC1=C(c2ccccc2)C(c2ccc(N(C3=CC=CCC3c3cccc(-c4ccc5c(c4)-c4ccccc4C5(c4ccccc4)c4ccccc4)c3)C3CC=CC=C3C3=CCC(C)C=C3)cc2)=CCC1. The topological polar surface area (TPSA) is 12.5 Å². The van der Waals surface area contributed by atoms with Gasteiger partial charge in [0, 0.05) is 29.3 Å². The van der Waals surface area contributed by atoms with E-state index in [1.54, 1.807) is 0 Å². The summed E-state index contributed by atoms with van der Waals surface area (Å²) in [7, 11) is 1.81. The number of rotatable bonds is 11. The highest BCUT2D eigenvalue weighted by atomic mass is 16.5. The fraction of sp³-hybridized carbons (Fsp3) is 0.159. The van der Waals surface area contributed by atoms with Crippen LogP contribution in [-0.2, 0) is 10.2 Å². The highest BCUT2D eigenvalue weighted by molar-refractivity contribution is 6.06. The minimum Gasteiger partial charge on any atom is -0.500 e. The van der Waals surface area contributed by atoms with E-state index in [0.29, 0.717) is 5.92 Å². The zero-order valence-electron chi connectivity index (χ0n) is 40.7. The fourth-order valence-corrected chi connectivity index (χ4v) is 12.3. The van der Waals surface area contributed by atoms with Crippen LogP contribution in [-0.4, -0.2) is 13.2 Å². The van der Waals surface area contributed by atoms with E-state index in [-0.39, 0.29) is 12.0 Å². The number of benzene rings is 7. The molecule has 3 atom stereocenters. The van der Waals surface area contributed by atoms with Crippen molar-refractivity contribution in [3.05, 3.63) is 304 Å². The molecule has 0 radical (unpaired) electrons. The average Bonchev–Trinajstić information content (AvgIpc) is 3.75. The van der Waals surface area contributed by atoms with Gasteiger partial charge in [-0.1, -0.05) is 225 Å². The van der Waals surface area contributed by atoms with Gasteiger partial charge < -0.3 is 9.64 Å². The Kier molecular flexibility index (Phi) is 11.9. The number of fused-ring (bicyclic) bond motifs is 3. The molecule has 5 aliphatic rings. The fourth-order valence-electron chi connectivity index (χ4n) is 12.3. The second-order valence-electron chi connectivity index (χ2n) is 19.7. The summed E-state index contributed by atoms with van der Waals surface area (Å²) < 4.78 is 6.07. The lowest BCUT2D eigenvalue weighted by Gasteiger charge is -2.42. The molecule has 0 heterocycles. The maximum atomic E-state index is 6.07. The summed E-state index contributed by atoms with van der Waals surface area (Å²) in [6, 6.07) is 68.1. The molecule has 3 unspecified atom stereocenters. The minimum atomic E-state index is -0.422. The first-order valence-corrected chi connectivity index (χ1v) is 25.6. The van der Waals surface area contributed by atoms with Gasteiger partial charge in [0.25, 0.3) is 0 Å². The minimum absolute atomic E-state index is 0.110. The molecule has 0 bridgehead atoms. The van der Waals surface area contributed by atoms with Crippen molar-refractivity contribution in [3.63, 3.8) is 0 Å². The molecule has 7 aromatic carbocycles. The molecule has 2 heteroatoms. The average molecular weight is 918 g/mol. The second kappa shape index (κ2) is 19.1. The molecule has 71 heavy (non-hydrogen) atoms. The van der Waals surface area contributed by atoms with Gasteiger partial charge in [0.1, 0.15) is 5.76 Å². The summed E-state index contributed by atoms with van der Waals surface area (Å²) in [6.07, 6.45) is 28.3. The summed E-state index contributed by atoms with van der Waals surface area (Å²) in [5, 5.41) is 0. The van der Waals surface area contributed by atoms with Crippen LogP contribution in [0.3, 0.4) is 0 Å². The Morgan fingerprint density at radius 1 is 0.563 bits per heavy atom. The van der Waals surface area contributed by atoms with Crippen LogP contribution in [0.1, 0.15) is 83.9 Å². The van der Waals surface area contributed by atoms with E-state index >= 15 is 0 Å². The molecule has 0 amide bonds. The molecule has 0 saturated carbocycles. The summed E-state index contributed by atoms with van der Waals surface area (Å²) in [6.45, 7) is 2.31. The van der Waals surface area contributed by atoms with Crippen molar-refractivity contribution >= 4 is 16.8 Å². The van der Waals surface area contributed by atoms with Crippen LogP contribution in [0, 0.1) is 5.92 Å². The van der Waals surface area contributed by atoms with Gasteiger partial charge in [-0.3, -0.25) is 0 Å². The molecule has 0 N–H and O–H groups in total. The number of hydrogen-bond donors (Lipinski definition) is 0. The van der Waals surface area contributed by atoms with E-state index in [1.165, 1.54) is 94.9 Å². The molecule has 7 aromatic rings. The number of methoxy groups -OCH3 is 1. The van der Waals surface area contributed by atoms with Gasteiger partial charge in [-0.05, 0) is 134 Å². The normalized spacial score (nSPS) is 19.8. The zero-order chi connectivity index (χ0) is 47.7. The van der Waals surface area contributed by atoms with Crippen molar-refractivity contribution in [2.75, 3.05) is 12.0 Å². The van der Waals surface area contributed by atoms with Gasteiger partial charge in [-0.2, -0.15) is 0 Å². The first-order chi connectivity index (χ1) is 35.1. The molecule has 0 aliphatic heterocycles. The number of ether oxygens (including phenoxy) is 1. The third-order valence-corrected chi connectivity index (χ3v) is 15.6. The predicted octanol–water partition coefficient (Wildman–Crippen LogP) is 17.2. The summed E-state index contributed by atoms with van der Waals surface area (Å²) in [5.41, 5.74) is 21.2.